The van der Waals surface area contributed by atoms with E-state index in [2.05, 4.69) is 10.3 Å². The lowest BCUT2D eigenvalue weighted by molar-refractivity contribution is 0.102. The van der Waals surface area contributed by atoms with Crippen LogP contribution in [0.1, 0.15) is 15.9 Å². The lowest BCUT2D eigenvalue weighted by Gasteiger charge is -2.13. The third-order valence-electron chi connectivity index (χ3n) is 5.42. The number of aromatic nitrogens is 1. The Morgan fingerprint density at radius 1 is 0.943 bits per heavy atom. The first-order valence-corrected chi connectivity index (χ1v) is 11.3. The Bertz CT molecular complexity index is 1440. The van der Waals surface area contributed by atoms with Crippen molar-refractivity contribution in [1.82, 2.24) is 4.98 Å². The van der Waals surface area contributed by atoms with Crippen molar-refractivity contribution in [3.05, 3.63) is 107 Å². The summed E-state index contributed by atoms with van der Waals surface area (Å²) < 4.78 is 17.1. The Hall–Kier alpha value is -4.29. The summed E-state index contributed by atoms with van der Waals surface area (Å²) in [7, 11) is 1.54. The van der Waals surface area contributed by atoms with Gasteiger partial charge >= 0.3 is 0 Å². The second-order valence-electron chi connectivity index (χ2n) is 7.80. The number of methoxy groups -OCH3 is 1. The molecule has 0 bridgehead atoms. The van der Waals surface area contributed by atoms with Crippen LogP contribution in [0.2, 0.25) is 5.02 Å². The van der Waals surface area contributed by atoms with Gasteiger partial charge in [-0.3, -0.25) is 4.79 Å². The molecule has 0 fully saturated rings. The summed E-state index contributed by atoms with van der Waals surface area (Å²) in [6, 6.07) is 27.4. The number of hydrogen-bond donors (Lipinski definition) is 1. The molecule has 5 rings (SSSR count). The monoisotopic (exact) mass is 484 g/mol. The highest BCUT2D eigenvalue weighted by Crippen LogP contribution is 2.30. The van der Waals surface area contributed by atoms with Crippen LogP contribution in [0.15, 0.2) is 95.4 Å². The number of nitrogens with zero attached hydrogens (tertiary/aromatic N) is 1. The van der Waals surface area contributed by atoms with Gasteiger partial charge in [-0.1, -0.05) is 35.9 Å². The Balaban J connectivity index is 1.26. The Morgan fingerprint density at radius 3 is 2.46 bits per heavy atom. The van der Waals surface area contributed by atoms with Gasteiger partial charge in [-0.05, 0) is 72.3 Å². The van der Waals surface area contributed by atoms with Crippen molar-refractivity contribution in [3.8, 4) is 23.0 Å². The number of carbonyl (C=O) groups excluding carboxylic acids is 1. The van der Waals surface area contributed by atoms with Gasteiger partial charge in [0.1, 0.15) is 12.1 Å². The molecule has 6 nitrogen and oxygen atoms in total. The summed E-state index contributed by atoms with van der Waals surface area (Å²) in [4.78, 5) is 17.3. The van der Waals surface area contributed by atoms with Crippen LogP contribution in [0.5, 0.6) is 11.5 Å². The Labute approximate surface area is 207 Å². The molecule has 0 atom stereocenters. The topological polar surface area (TPSA) is 73.6 Å². The molecule has 1 heterocycles. The zero-order valence-electron chi connectivity index (χ0n) is 18.8. The molecule has 0 saturated heterocycles. The van der Waals surface area contributed by atoms with E-state index in [4.69, 9.17) is 25.5 Å². The number of hydrogen-bond acceptors (Lipinski definition) is 5. The number of fused-ring (bicyclic) bond motifs is 1. The first-order chi connectivity index (χ1) is 17.1. The van der Waals surface area contributed by atoms with Crippen LogP contribution in [0.3, 0.4) is 0 Å². The fourth-order valence-corrected chi connectivity index (χ4v) is 3.69. The molecule has 35 heavy (non-hydrogen) atoms. The lowest BCUT2D eigenvalue weighted by Crippen LogP contribution is -2.12. The van der Waals surface area contributed by atoms with E-state index in [0.717, 1.165) is 22.2 Å². The summed E-state index contributed by atoms with van der Waals surface area (Å²) in [5, 5.41) is 3.57. The SMILES string of the molecule is COc1cc(C(=O)Nc2ccc(-c3nc4ccccc4o3)cc2)ccc1OCc1ccc(Cl)cc1. The first kappa shape index (κ1) is 22.5. The maximum Gasteiger partial charge on any atom is 0.255 e. The van der Waals surface area contributed by atoms with Crippen LogP contribution >= 0.6 is 11.6 Å². The predicted molar refractivity (Wildman–Crippen MR) is 136 cm³/mol. The van der Waals surface area contributed by atoms with Gasteiger partial charge in [-0.25, -0.2) is 4.98 Å². The van der Waals surface area contributed by atoms with E-state index < -0.39 is 0 Å². The molecule has 1 aromatic heterocycles. The van der Waals surface area contributed by atoms with E-state index in [9.17, 15) is 4.79 Å². The molecule has 0 aliphatic rings. The molecule has 1 amide bonds. The van der Waals surface area contributed by atoms with Crippen LogP contribution in [0.4, 0.5) is 5.69 Å². The highest BCUT2D eigenvalue weighted by atomic mass is 35.5. The number of halogens is 1. The van der Waals surface area contributed by atoms with Gasteiger partial charge in [0, 0.05) is 21.8 Å². The van der Waals surface area contributed by atoms with E-state index in [-0.39, 0.29) is 5.91 Å². The van der Waals surface area contributed by atoms with E-state index >= 15 is 0 Å². The number of ether oxygens (including phenoxy) is 2. The molecule has 0 aliphatic heterocycles. The van der Waals surface area contributed by atoms with Gasteiger partial charge < -0.3 is 19.2 Å². The highest BCUT2D eigenvalue weighted by Gasteiger charge is 2.13. The average molecular weight is 485 g/mol. The van der Waals surface area contributed by atoms with Crippen LogP contribution in [0, 0.1) is 0 Å². The molecule has 4 aromatic carbocycles. The maximum absolute atomic E-state index is 12.8. The number of benzene rings is 4. The van der Waals surface area contributed by atoms with E-state index in [1.54, 1.807) is 18.2 Å². The normalized spacial score (nSPS) is 10.8. The number of rotatable bonds is 7. The Morgan fingerprint density at radius 2 is 1.71 bits per heavy atom. The number of anilines is 1. The van der Waals surface area contributed by atoms with Gasteiger partial charge in [-0.15, -0.1) is 0 Å². The lowest BCUT2D eigenvalue weighted by atomic mass is 10.1. The van der Waals surface area contributed by atoms with E-state index in [0.29, 0.717) is 40.3 Å². The maximum atomic E-state index is 12.8. The van der Waals surface area contributed by atoms with Gasteiger partial charge in [0.15, 0.2) is 17.1 Å². The zero-order chi connectivity index (χ0) is 24.2. The molecule has 0 aliphatic carbocycles. The van der Waals surface area contributed by atoms with Crippen LogP contribution in [-0.2, 0) is 6.61 Å². The molecule has 7 heteroatoms. The van der Waals surface area contributed by atoms with Gasteiger partial charge in [0.05, 0.1) is 7.11 Å². The molecule has 0 radical (unpaired) electrons. The third-order valence-corrected chi connectivity index (χ3v) is 5.67. The largest absolute Gasteiger partial charge is 0.493 e. The molecule has 5 aromatic rings. The summed E-state index contributed by atoms with van der Waals surface area (Å²) in [6.45, 7) is 0.353. The van der Waals surface area contributed by atoms with Crippen molar-refractivity contribution in [2.75, 3.05) is 12.4 Å². The van der Waals surface area contributed by atoms with Crippen LogP contribution in [0.25, 0.3) is 22.6 Å². The molecular formula is C28H21ClN2O4. The molecule has 0 spiro atoms. The number of carbonyl (C=O) groups is 1. The number of amides is 1. The standard InChI is InChI=1S/C28H21ClN2O4/c1-33-26-16-20(10-15-25(26)34-17-18-6-11-21(29)12-7-18)27(32)30-22-13-8-19(9-14-22)28-31-23-4-2-3-5-24(23)35-28/h2-16H,17H2,1H3,(H,30,32). The summed E-state index contributed by atoms with van der Waals surface area (Å²) in [5.41, 5.74) is 4.42. The smallest absolute Gasteiger partial charge is 0.255 e. The van der Waals surface area contributed by atoms with Crippen molar-refractivity contribution in [3.63, 3.8) is 0 Å². The minimum atomic E-state index is -0.262. The van der Waals surface area contributed by atoms with Gasteiger partial charge in [0.25, 0.3) is 5.91 Å². The molecule has 0 unspecified atom stereocenters. The third kappa shape index (κ3) is 5.13. The summed E-state index contributed by atoms with van der Waals surface area (Å²) in [6.07, 6.45) is 0. The van der Waals surface area contributed by atoms with Crippen molar-refractivity contribution in [1.29, 1.82) is 0 Å². The second-order valence-corrected chi connectivity index (χ2v) is 8.24. The summed E-state index contributed by atoms with van der Waals surface area (Å²) >= 11 is 5.93. The van der Waals surface area contributed by atoms with Crippen molar-refractivity contribution in [2.45, 2.75) is 6.61 Å². The zero-order valence-corrected chi connectivity index (χ0v) is 19.6. The molecule has 1 N–H and O–H groups in total. The van der Waals surface area contributed by atoms with Crippen LogP contribution in [-0.4, -0.2) is 18.0 Å². The number of oxazole rings is 1. The van der Waals surface area contributed by atoms with Gasteiger partial charge in [-0.2, -0.15) is 0 Å². The number of para-hydroxylation sites is 2. The fraction of sp³-hybridized carbons (Fsp3) is 0.0714. The molecule has 0 saturated carbocycles. The fourth-order valence-electron chi connectivity index (χ4n) is 3.56. The van der Waals surface area contributed by atoms with Crippen molar-refractivity contribution in [2.24, 2.45) is 0 Å². The summed E-state index contributed by atoms with van der Waals surface area (Å²) in [5.74, 6) is 1.28. The molecule has 174 valence electrons. The van der Waals surface area contributed by atoms with Crippen molar-refractivity contribution >= 4 is 34.3 Å². The van der Waals surface area contributed by atoms with Crippen molar-refractivity contribution < 1.29 is 18.7 Å². The molecular weight excluding hydrogens is 464 g/mol. The number of nitrogens with one attached hydrogen (secondary N) is 1. The minimum Gasteiger partial charge on any atom is -0.493 e. The van der Waals surface area contributed by atoms with Gasteiger partial charge in [0.2, 0.25) is 5.89 Å². The first-order valence-electron chi connectivity index (χ1n) is 10.9. The van der Waals surface area contributed by atoms with E-state index in [1.165, 1.54) is 7.11 Å². The second kappa shape index (κ2) is 9.91. The van der Waals surface area contributed by atoms with E-state index in [1.807, 2.05) is 72.8 Å². The highest BCUT2D eigenvalue weighted by molar-refractivity contribution is 6.30. The average Bonchev–Trinajstić information content (AvgIpc) is 3.33. The van der Waals surface area contributed by atoms with Crippen LogP contribution < -0.4 is 14.8 Å². The minimum absolute atomic E-state index is 0.262. The predicted octanol–water partition coefficient (Wildman–Crippen LogP) is 6.99. The quantitative estimate of drug-likeness (QED) is 0.269. The Kier molecular flexibility index (Phi) is 6.37.